The van der Waals surface area contributed by atoms with Gasteiger partial charge in [-0.05, 0) is 37.1 Å². The first kappa shape index (κ1) is 11.7. The van der Waals surface area contributed by atoms with Crippen molar-refractivity contribution in [3.05, 3.63) is 29.3 Å². The molecule has 0 amide bonds. The molecule has 0 heterocycles. The predicted molar refractivity (Wildman–Crippen MR) is 63.8 cm³/mol. The van der Waals surface area contributed by atoms with Crippen LogP contribution in [0.1, 0.15) is 12.8 Å². The fraction of sp³-hybridized carbons (Fsp3) is 0.333. The lowest BCUT2D eigenvalue weighted by Gasteiger charge is -2.41. The molecular weight excluding hydrogens is 240 g/mol. The van der Waals surface area contributed by atoms with E-state index in [-0.39, 0.29) is 0 Å². The highest BCUT2D eigenvalue weighted by Gasteiger charge is 2.48. The number of halogens is 1. The van der Waals surface area contributed by atoms with Crippen LogP contribution in [-0.4, -0.2) is 16.6 Å². The summed E-state index contributed by atoms with van der Waals surface area (Å²) in [6.07, 6.45) is 0.670. The van der Waals surface area contributed by atoms with Gasteiger partial charge in [-0.2, -0.15) is 5.26 Å². The van der Waals surface area contributed by atoms with Crippen LogP contribution in [0.25, 0.3) is 0 Å². The van der Waals surface area contributed by atoms with E-state index in [0.717, 1.165) is 5.69 Å². The number of nitrogens with zero attached hydrogens (tertiary/aromatic N) is 1. The quantitative estimate of drug-likeness (QED) is 0.865. The third-order valence-corrected chi connectivity index (χ3v) is 3.23. The van der Waals surface area contributed by atoms with Gasteiger partial charge in [0.15, 0.2) is 0 Å². The van der Waals surface area contributed by atoms with Crippen LogP contribution in [-0.2, 0) is 4.79 Å². The maximum atomic E-state index is 10.7. The molecule has 0 bridgehead atoms. The zero-order valence-corrected chi connectivity index (χ0v) is 9.74. The highest BCUT2D eigenvalue weighted by Crippen LogP contribution is 2.40. The zero-order chi connectivity index (χ0) is 12.5. The van der Waals surface area contributed by atoms with Crippen molar-refractivity contribution in [3.63, 3.8) is 0 Å². The molecule has 0 unspecified atom stereocenters. The van der Waals surface area contributed by atoms with Gasteiger partial charge in [-0.3, -0.25) is 4.79 Å². The second-order valence-corrected chi connectivity index (χ2v) is 4.71. The van der Waals surface area contributed by atoms with E-state index in [1.165, 1.54) is 0 Å². The van der Waals surface area contributed by atoms with Crippen LogP contribution in [0.3, 0.4) is 0 Å². The Kier molecular flexibility index (Phi) is 2.95. The Hall–Kier alpha value is -1.73. The standard InChI is InChI=1S/C12H11ClN2O2/c13-9-1-3-10(4-2-9)15-12(7-14)5-8(6-12)11(16)17/h1-4,8,15H,5-6H2,(H,16,17). The fourth-order valence-corrected chi connectivity index (χ4v) is 2.11. The molecule has 1 fully saturated rings. The SMILES string of the molecule is N#CC1(Nc2ccc(Cl)cc2)CC(C(=O)O)C1. The molecule has 0 spiro atoms. The van der Waals surface area contributed by atoms with Gasteiger partial charge in [0.1, 0.15) is 5.54 Å². The summed E-state index contributed by atoms with van der Waals surface area (Å²) in [5, 5.41) is 21.6. The molecule has 1 aliphatic carbocycles. The minimum Gasteiger partial charge on any atom is -0.481 e. The van der Waals surface area contributed by atoms with E-state index in [9.17, 15) is 4.79 Å². The third kappa shape index (κ3) is 2.34. The van der Waals surface area contributed by atoms with Crippen LogP contribution in [0.2, 0.25) is 5.02 Å². The number of anilines is 1. The van der Waals surface area contributed by atoms with E-state index >= 15 is 0 Å². The van der Waals surface area contributed by atoms with Gasteiger partial charge < -0.3 is 10.4 Å². The van der Waals surface area contributed by atoms with Crippen molar-refractivity contribution in [2.75, 3.05) is 5.32 Å². The van der Waals surface area contributed by atoms with Gasteiger partial charge in [0.05, 0.1) is 12.0 Å². The molecule has 1 saturated carbocycles. The molecule has 5 heteroatoms. The molecule has 0 saturated heterocycles. The molecule has 0 atom stereocenters. The third-order valence-electron chi connectivity index (χ3n) is 2.98. The summed E-state index contributed by atoms with van der Waals surface area (Å²) < 4.78 is 0. The lowest BCUT2D eigenvalue weighted by atomic mass is 9.69. The van der Waals surface area contributed by atoms with Gasteiger partial charge in [-0.1, -0.05) is 11.6 Å². The molecule has 2 N–H and O–H groups in total. The zero-order valence-electron chi connectivity index (χ0n) is 8.98. The monoisotopic (exact) mass is 250 g/mol. The number of nitrogens with one attached hydrogen (secondary N) is 1. The van der Waals surface area contributed by atoms with Crippen LogP contribution in [0.5, 0.6) is 0 Å². The van der Waals surface area contributed by atoms with Gasteiger partial charge in [0.25, 0.3) is 0 Å². The Bertz CT molecular complexity index is 472. The highest BCUT2D eigenvalue weighted by molar-refractivity contribution is 6.30. The first-order chi connectivity index (χ1) is 8.04. The first-order valence-corrected chi connectivity index (χ1v) is 5.60. The molecule has 17 heavy (non-hydrogen) atoms. The second kappa shape index (κ2) is 4.27. The van der Waals surface area contributed by atoms with Crippen LogP contribution in [0.4, 0.5) is 5.69 Å². The number of benzene rings is 1. The minimum atomic E-state index is -0.839. The van der Waals surface area contributed by atoms with E-state index in [0.29, 0.717) is 17.9 Å². The summed E-state index contributed by atoms with van der Waals surface area (Å²) in [6.45, 7) is 0. The summed E-state index contributed by atoms with van der Waals surface area (Å²) in [5.41, 5.74) is 0.0245. The molecule has 1 aromatic carbocycles. The summed E-state index contributed by atoms with van der Waals surface area (Å²) in [7, 11) is 0. The Balaban J connectivity index is 2.05. The lowest BCUT2D eigenvalue weighted by molar-refractivity contribution is -0.145. The van der Waals surface area contributed by atoms with Crippen molar-refractivity contribution in [1.82, 2.24) is 0 Å². The van der Waals surface area contributed by atoms with Crippen LogP contribution < -0.4 is 5.32 Å². The Morgan fingerprint density at radius 1 is 1.47 bits per heavy atom. The number of carboxylic acids is 1. The minimum absolute atomic E-state index is 0.335. The molecular formula is C12H11ClN2O2. The molecule has 88 valence electrons. The van der Waals surface area contributed by atoms with Crippen LogP contribution >= 0.6 is 11.6 Å². The maximum Gasteiger partial charge on any atom is 0.306 e. The van der Waals surface area contributed by atoms with E-state index in [1.807, 2.05) is 0 Å². The summed E-state index contributed by atoms with van der Waals surface area (Å²) in [4.78, 5) is 10.7. The molecule has 1 aromatic rings. The van der Waals surface area contributed by atoms with Gasteiger partial charge in [0, 0.05) is 10.7 Å². The van der Waals surface area contributed by atoms with Gasteiger partial charge >= 0.3 is 5.97 Å². The molecule has 0 radical (unpaired) electrons. The molecule has 0 aromatic heterocycles. The maximum absolute atomic E-state index is 10.7. The largest absolute Gasteiger partial charge is 0.481 e. The van der Waals surface area contributed by atoms with Gasteiger partial charge in [-0.25, -0.2) is 0 Å². The topological polar surface area (TPSA) is 73.1 Å². The number of rotatable bonds is 3. The Labute approximate surface area is 104 Å². The Morgan fingerprint density at radius 2 is 2.06 bits per heavy atom. The van der Waals surface area contributed by atoms with Crippen LogP contribution in [0, 0.1) is 17.2 Å². The van der Waals surface area contributed by atoms with Crippen molar-refractivity contribution >= 4 is 23.3 Å². The Morgan fingerprint density at radius 3 is 2.53 bits per heavy atom. The average Bonchev–Trinajstić information content (AvgIpc) is 2.25. The predicted octanol–water partition coefficient (Wildman–Crippen LogP) is 2.51. The van der Waals surface area contributed by atoms with Crippen molar-refractivity contribution in [3.8, 4) is 6.07 Å². The normalized spacial score (nSPS) is 26.7. The van der Waals surface area contributed by atoms with Crippen molar-refractivity contribution in [1.29, 1.82) is 5.26 Å². The number of carbonyl (C=O) groups is 1. The molecule has 0 aliphatic heterocycles. The number of nitriles is 1. The smallest absolute Gasteiger partial charge is 0.306 e. The molecule has 1 aliphatic rings. The second-order valence-electron chi connectivity index (χ2n) is 4.27. The van der Waals surface area contributed by atoms with E-state index in [4.69, 9.17) is 22.0 Å². The summed E-state index contributed by atoms with van der Waals surface area (Å²) in [5.74, 6) is -1.26. The fourth-order valence-electron chi connectivity index (χ4n) is 1.99. The summed E-state index contributed by atoms with van der Waals surface area (Å²) >= 11 is 5.76. The number of aliphatic carboxylic acids is 1. The van der Waals surface area contributed by atoms with Gasteiger partial charge in [0.2, 0.25) is 0 Å². The van der Waals surface area contributed by atoms with Crippen molar-refractivity contribution in [2.24, 2.45) is 5.92 Å². The van der Waals surface area contributed by atoms with E-state index in [1.54, 1.807) is 24.3 Å². The van der Waals surface area contributed by atoms with Crippen LogP contribution in [0.15, 0.2) is 24.3 Å². The van der Waals surface area contributed by atoms with Gasteiger partial charge in [-0.15, -0.1) is 0 Å². The number of carboxylic acid groups (broad SMARTS) is 1. The average molecular weight is 251 g/mol. The number of hydrogen-bond acceptors (Lipinski definition) is 3. The lowest BCUT2D eigenvalue weighted by Crippen LogP contribution is -2.51. The van der Waals surface area contributed by atoms with Crippen molar-refractivity contribution in [2.45, 2.75) is 18.4 Å². The summed E-state index contributed by atoms with van der Waals surface area (Å²) in [6, 6.07) is 9.15. The van der Waals surface area contributed by atoms with E-state index < -0.39 is 17.4 Å². The molecule has 2 rings (SSSR count). The first-order valence-electron chi connectivity index (χ1n) is 5.22. The van der Waals surface area contributed by atoms with E-state index in [2.05, 4.69) is 11.4 Å². The molecule has 4 nitrogen and oxygen atoms in total. The van der Waals surface area contributed by atoms with Crippen molar-refractivity contribution < 1.29 is 9.90 Å². The number of hydrogen-bond donors (Lipinski definition) is 2. The highest BCUT2D eigenvalue weighted by atomic mass is 35.5.